The van der Waals surface area contributed by atoms with Crippen LogP contribution in [-0.2, 0) is 12.6 Å². The molecule has 1 aromatic heterocycles. The van der Waals surface area contributed by atoms with Crippen LogP contribution in [0, 0.1) is 6.92 Å². The Morgan fingerprint density at radius 1 is 1.24 bits per heavy atom. The van der Waals surface area contributed by atoms with Gasteiger partial charge >= 0.3 is 6.18 Å². The van der Waals surface area contributed by atoms with Gasteiger partial charge in [0.05, 0.1) is 9.35 Å². The summed E-state index contributed by atoms with van der Waals surface area (Å²) < 4.78 is 38.7. The zero-order chi connectivity index (χ0) is 15.6. The number of benzene rings is 1. The third-order valence-electron chi connectivity index (χ3n) is 3.37. The first-order chi connectivity index (χ1) is 9.81. The minimum absolute atomic E-state index is 0.0873. The normalized spacial score (nSPS) is 13.4. The van der Waals surface area contributed by atoms with Crippen molar-refractivity contribution in [1.82, 2.24) is 5.32 Å². The lowest BCUT2D eigenvalue weighted by Gasteiger charge is -2.17. The van der Waals surface area contributed by atoms with Crippen molar-refractivity contribution in [2.45, 2.75) is 25.6 Å². The van der Waals surface area contributed by atoms with E-state index in [2.05, 4.69) is 27.3 Å². The highest BCUT2D eigenvalue weighted by atomic mass is 79.9. The molecule has 21 heavy (non-hydrogen) atoms. The summed E-state index contributed by atoms with van der Waals surface area (Å²) >= 11 is 5.12. The predicted molar refractivity (Wildman–Crippen MR) is 83.7 cm³/mol. The number of alkyl halides is 3. The SMILES string of the molecule is CNC(Cc1ccc(C(F)(F)F)cc1)c1cc(Br)sc1C. The average molecular weight is 378 g/mol. The van der Waals surface area contributed by atoms with Gasteiger partial charge in [-0.05, 0) is 65.6 Å². The van der Waals surface area contributed by atoms with E-state index in [-0.39, 0.29) is 6.04 Å². The van der Waals surface area contributed by atoms with Gasteiger partial charge in [-0.2, -0.15) is 13.2 Å². The molecule has 1 unspecified atom stereocenters. The number of likely N-dealkylation sites (N-methyl/N-ethyl adjacent to an activating group) is 1. The number of aryl methyl sites for hydroxylation is 1. The van der Waals surface area contributed by atoms with Gasteiger partial charge in [0.25, 0.3) is 0 Å². The minimum atomic E-state index is -4.28. The van der Waals surface area contributed by atoms with Crippen LogP contribution in [0.25, 0.3) is 0 Å². The van der Waals surface area contributed by atoms with Crippen LogP contribution >= 0.6 is 27.3 Å². The summed E-state index contributed by atoms with van der Waals surface area (Å²) in [5.74, 6) is 0. The molecule has 0 aliphatic heterocycles. The molecule has 2 rings (SSSR count). The van der Waals surface area contributed by atoms with Crippen LogP contribution in [0.1, 0.15) is 27.6 Å². The van der Waals surface area contributed by atoms with Crippen molar-refractivity contribution in [1.29, 1.82) is 0 Å². The van der Waals surface area contributed by atoms with Crippen LogP contribution in [0.15, 0.2) is 34.1 Å². The fraction of sp³-hybridized carbons (Fsp3) is 0.333. The summed E-state index contributed by atoms with van der Waals surface area (Å²) in [5, 5.41) is 3.23. The largest absolute Gasteiger partial charge is 0.416 e. The van der Waals surface area contributed by atoms with Crippen molar-refractivity contribution < 1.29 is 13.2 Å². The average Bonchev–Trinajstić information content (AvgIpc) is 2.74. The van der Waals surface area contributed by atoms with E-state index >= 15 is 0 Å². The maximum absolute atomic E-state index is 12.6. The second-order valence-electron chi connectivity index (χ2n) is 4.80. The molecule has 0 aliphatic rings. The second-order valence-corrected chi connectivity index (χ2v) is 7.44. The first-order valence-corrected chi connectivity index (χ1v) is 8.01. The topological polar surface area (TPSA) is 12.0 Å². The van der Waals surface area contributed by atoms with Gasteiger partial charge in [-0.3, -0.25) is 0 Å². The predicted octanol–water partition coefficient (Wildman–Crippen LogP) is 5.34. The Kier molecular flexibility index (Phi) is 5.11. The van der Waals surface area contributed by atoms with Gasteiger partial charge in [-0.15, -0.1) is 11.3 Å². The molecule has 114 valence electrons. The molecule has 0 aliphatic carbocycles. The smallest absolute Gasteiger partial charge is 0.313 e. The van der Waals surface area contributed by atoms with E-state index in [0.29, 0.717) is 6.42 Å². The lowest BCUT2D eigenvalue weighted by Crippen LogP contribution is -2.19. The van der Waals surface area contributed by atoms with Gasteiger partial charge in [0.1, 0.15) is 0 Å². The highest BCUT2D eigenvalue weighted by Gasteiger charge is 2.30. The van der Waals surface area contributed by atoms with Crippen molar-refractivity contribution in [2.24, 2.45) is 0 Å². The number of hydrogen-bond donors (Lipinski definition) is 1. The van der Waals surface area contributed by atoms with E-state index < -0.39 is 11.7 Å². The number of rotatable bonds is 4. The third kappa shape index (κ3) is 4.08. The summed E-state index contributed by atoms with van der Waals surface area (Å²) in [7, 11) is 1.86. The molecule has 0 spiro atoms. The Morgan fingerprint density at radius 3 is 2.29 bits per heavy atom. The molecule has 6 heteroatoms. The highest BCUT2D eigenvalue weighted by molar-refractivity contribution is 9.11. The summed E-state index contributed by atoms with van der Waals surface area (Å²) in [6, 6.07) is 7.51. The summed E-state index contributed by atoms with van der Waals surface area (Å²) in [6.07, 6.45) is -3.63. The van der Waals surface area contributed by atoms with Gasteiger partial charge < -0.3 is 5.32 Å². The molecule has 0 saturated carbocycles. The van der Waals surface area contributed by atoms with Crippen molar-refractivity contribution in [3.05, 3.63) is 55.7 Å². The Bertz CT molecular complexity index is 604. The Hall–Kier alpha value is -0.850. The van der Waals surface area contributed by atoms with Gasteiger partial charge in [-0.1, -0.05) is 12.1 Å². The van der Waals surface area contributed by atoms with Gasteiger partial charge in [0, 0.05) is 10.9 Å². The van der Waals surface area contributed by atoms with Crippen LogP contribution in [0.3, 0.4) is 0 Å². The maximum atomic E-state index is 12.6. The van der Waals surface area contributed by atoms with Crippen LogP contribution < -0.4 is 5.32 Å². The fourth-order valence-corrected chi connectivity index (χ4v) is 4.01. The molecule has 1 nitrogen and oxygen atoms in total. The lowest BCUT2D eigenvalue weighted by molar-refractivity contribution is -0.137. The molecule has 2 aromatic rings. The molecule has 0 bridgehead atoms. The quantitative estimate of drug-likeness (QED) is 0.757. The fourth-order valence-electron chi connectivity index (χ4n) is 2.24. The number of hydrogen-bond acceptors (Lipinski definition) is 2. The Morgan fingerprint density at radius 2 is 1.86 bits per heavy atom. The summed E-state index contributed by atoms with van der Waals surface area (Å²) in [4.78, 5) is 1.20. The van der Waals surface area contributed by atoms with Crippen LogP contribution in [-0.4, -0.2) is 7.05 Å². The summed E-state index contributed by atoms with van der Waals surface area (Å²) in [5.41, 5.74) is 1.44. The molecular weight excluding hydrogens is 363 g/mol. The molecule has 1 aromatic carbocycles. The first-order valence-electron chi connectivity index (χ1n) is 6.40. The standard InChI is InChI=1S/C15H15BrF3NS/c1-9-12(8-14(16)21-9)13(20-2)7-10-3-5-11(6-4-10)15(17,18)19/h3-6,8,13,20H,7H2,1-2H3. The highest BCUT2D eigenvalue weighted by Crippen LogP contribution is 2.33. The maximum Gasteiger partial charge on any atom is 0.416 e. The molecule has 1 heterocycles. The first kappa shape index (κ1) is 16.5. The zero-order valence-corrected chi connectivity index (χ0v) is 14.0. The van der Waals surface area contributed by atoms with Crippen LogP contribution in [0.4, 0.5) is 13.2 Å². The number of thiophene rings is 1. The van der Waals surface area contributed by atoms with Crippen molar-refractivity contribution in [2.75, 3.05) is 7.05 Å². The van der Waals surface area contributed by atoms with Crippen molar-refractivity contribution >= 4 is 27.3 Å². The van der Waals surface area contributed by atoms with Gasteiger partial charge in [0.2, 0.25) is 0 Å². The second kappa shape index (κ2) is 6.50. The summed E-state index contributed by atoms with van der Waals surface area (Å²) in [6.45, 7) is 2.04. The van der Waals surface area contributed by atoms with Gasteiger partial charge in [0.15, 0.2) is 0 Å². The minimum Gasteiger partial charge on any atom is -0.313 e. The van der Waals surface area contributed by atoms with E-state index in [1.807, 2.05) is 14.0 Å². The number of nitrogens with one attached hydrogen (secondary N) is 1. The third-order valence-corrected chi connectivity index (χ3v) is 4.94. The van der Waals surface area contributed by atoms with Crippen molar-refractivity contribution in [3.63, 3.8) is 0 Å². The van der Waals surface area contributed by atoms with Crippen molar-refractivity contribution in [3.8, 4) is 0 Å². The van der Waals surface area contributed by atoms with Crippen LogP contribution in [0.2, 0.25) is 0 Å². The lowest BCUT2D eigenvalue weighted by atomic mass is 9.99. The van der Waals surface area contributed by atoms with E-state index in [1.54, 1.807) is 23.5 Å². The van der Waals surface area contributed by atoms with Crippen LogP contribution in [0.5, 0.6) is 0 Å². The Labute approximate surface area is 134 Å². The molecule has 1 N–H and O–H groups in total. The van der Waals surface area contributed by atoms with E-state index in [1.165, 1.54) is 10.4 Å². The molecule has 1 atom stereocenters. The Balaban J connectivity index is 2.17. The molecule has 0 radical (unpaired) electrons. The van der Waals surface area contributed by atoms with E-state index in [9.17, 15) is 13.2 Å². The number of halogens is 4. The molecule has 0 fully saturated rings. The molecule has 0 amide bonds. The molecular formula is C15H15BrF3NS. The van der Waals surface area contributed by atoms with E-state index in [4.69, 9.17) is 0 Å². The molecule has 0 saturated heterocycles. The zero-order valence-electron chi connectivity index (χ0n) is 11.6. The van der Waals surface area contributed by atoms with Gasteiger partial charge in [-0.25, -0.2) is 0 Å². The monoisotopic (exact) mass is 377 g/mol. The van der Waals surface area contributed by atoms with E-state index in [0.717, 1.165) is 21.5 Å².